The molecule has 0 aliphatic carbocycles. The van der Waals surface area contributed by atoms with Crippen LogP contribution in [0, 0.1) is 0 Å². The van der Waals surface area contributed by atoms with Crippen molar-refractivity contribution in [3.8, 4) is 0 Å². The molecule has 31 heavy (non-hydrogen) atoms. The molecule has 1 amide bonds. The first-order valence-electron chi connectivity index (χ1n) is 10.5. The fourth-order valence-corrected chi connectivity index (χ4v) is 4.22. The van der Waals surface area contributed by atoms with E-state index in [4.69, 9.17) is 4.98 Å². The summed E-state index contributed by atoms with van der Waals surface area (Å²) in [5, 5.41) is 3.95. The van der Waals surface area contributed by atoms with Gasteiger partial charge in [0, 0.05) is 23.6 Å². The second kappa shape index (κ2) is 9.79. The number of carbonyl (C=O) groups is 1. The average molecular weight is 431 g/mol. The fourth-order valence-electron chi connectivity index (χ4n) is 3.27. The molecule has 4 aromatic rings. The second-order valence-electron chi connectivity index (χ2n) is 7.58. The molecule has 2 heterocycles. The molecule has 0 aliphatic heterocycles. The van der Waals surface area contributed by atoms with Crippen molar-refractivity contribution in [2.75, 3.05) is 0 Å². The minimum atomic E-state index is -0.0326. The zero-order valence-corrected chi connectivity index (χ0v) is 18.6. The summed E-state index contributed by atoms with van der Waals surface area (Å²) in [4.78, 5) is 21.7. The minimum Gasteiger partial charge on any atom is -0.350 e. The molecule has 0 saturated heterocycles. The first-order chi connectivity index (χ1) is 15.1. The molecular formula is C25H26N4OS. The zero-order valence-electron chi connectivity index (χ0n) is 17.8. The molecule has 0 saturated carbocycles. The Bertz CT molecular complexity index is 1160. The highest BCUT2D eigenvalue weighted by Gasteiger charge is 2.14. The Morgan fingerprint density at radius 3 is 2.55 bits per heavy atom. The quantitative estimate of drug-likeness (QED) is 0.385. The number of pyridine rings is 1. The van der Waals surface area contributed by atoms with Gasteiger partial charge in [-0.15, -0.1) is 0 Å². The fraction of sp³-hybridized carbons (Fsp3) is 0.240. The van der Waals surface area contributed by atoms with E-state index >= 15 is 0 Å². The van der Waals surface area contributed by atoms with Crippen LogP contribution in [0.5, 0.6) is 0 Å². The SMILES string of the molecule is CC[C@@H](C)NC(=O)c1ccc(Cn2c(SCc3ccccc3)nc3cccnc32)cc1. The maximum atomic E-state index is 12.4. The van der Waals surface area contributed by atoms with Crippen LogP contribution in [0.2, 0.25) is 0 Å². The Hall–Kier alpha value is -3.12. The molecule has 158 valence electrons. The van der Waals surface area contributed by atoms with Crippen LogP contribution in [-0.2, 0) is 12.3 Å². The minimum absolute atomic E-state index is 0.0326. The van der Waals surface area contributed by atoms with Crippen molar-refractivity contribution in [2.45, 2.75) is 43.8 Å². The van der Waals surface area contributed by atoms with Crippen molar-refractivity contribution in [2.24, 2.45) is 0 Å². The Morgan fingerprint density at radius 1 is 1.03 bits per heavy atom. The number of nitrogens with one attached hydrogen (secondary N) is 1. The largest absolute Gasteiger partial charge is 0.350 e. The third kappa shape index (κ3) is 5.14. The first kappa shape index (κ1) is 21.1. The van der Waals surface area contributed by atoms with Crippen molar-refractivity contribution in [1.82, 2.24) is 19.9 Å². The molecule has 0 fully saturated rings. The number of thioether (sulfide) groups is 1. The smallest absolute Gasteiger partial charge is 0.251 e. The summed E-state index contributed by atoms with van der Waals surface area (Å²) in [6.07, 6.45) is 2.71. The second-order valence-corrected chi connectivity index (χ2v) is 8.52. The maximum Gasteiger partial charge on any atom is 0.251 e. The number of imidazole rings is 1. The Balaban J connectivity index is 1.55. The molecule has 6 heteroatoms. The van der Waals surface area contributed by atoms with Crippen LogP contribution in [0.3, 0.4) is 0 Å². The van der Waals surface area contributed by atoms with Gasteiger partial charge in [-0.1, -0.05) is 61.2 Å². The van der Waals surface area contributed by atoms with Gasteiger partial charge >= 0.3 is 0 Å². The highest BCUT2D eigenvalue weighted by atomic mass is 32.2. The predicted octanol–water partition coefficient (Wildman–Crippen LogP) is 5.30. The summed E-state index contributed by atoms with van der Waals surface area (Å²) in [6.45, 7) is 4.72. The van der Waals surface area contributed by atoms with Gasteiger partial charge in [-0.3, -0.25) is 9.36 Å². The molecular weight excluding hydrogens is 404 g/mol. The van der Waals surface area contributed by atoms with Crippen LogP contribution >= 0.6 is 11.8 Å². The topological polar surface area (TPSA) is 59.8 Å². The molecule has 0 spiro atoms. The summed E-state index contributed by atoms with van der Waals surface area (Å²) in [6, 6.07) is 22.2. The van der Waals surface area contributed by atoms with Gasteiger partial charge in [-0.05, 0) is 48.7 Å². The van der Waals surface area contributed by atoms with Crippen molar-refractivity contribution in [3.05, 3.63) is 89.6 Å². The number of hydrogen-bond donors (Lipinski definition) is 1. The van der Waals surface area contributed by atoms with Gasteiger partial charge in [-0.25, -0.2) is 9.97 Å². The molecule has 1 N–H and O–H groups in total. The lowest BCUT2D eigenvalue weighted by Gasteiger charge is -2.12. The molecule has 0 bridgehead atoms. The van der Waals surface area contributed by atoms with Gasteiger partial charge < -0.3 is 5.32 Å². The van der Waals surface area contributed by atoms with E-state index in [1.54, 1.807) is 18.0 Å². The number of hydrogen-bond acceptors (Lipinski definition) is 4. The van der Waals surface area contributed by atoms with E-state index < -0.39 is 0 Å². The molecule has 2 aromatic carbocycles. The number of carbonyl (C=O) groups excluding carboxylic acids is 1. The molecule has 5 nitrogen and oxygen atoms in total. The van der Waals surface area contributed by atoms with Crippen LogP contribution < -0.4 is 5.32 Å². The lowest BCUT2D eigenvalue weighted by molar-refractivity contribution is 0.0939. The zero-order chi connectivity index (χ0) is 21.6. The van der Waals surface area contributed by atoms with Crippen LogP contribution in [0.25, 0.3) is 11.2 Å². The third-order valence-corrected chi connectivity index (χ3v) is 6.27. The summed E-state index contributed by atoms with van der Waals surface area (Å²) in [5.41, 5.74) is 4.80. The lowest BCUT2D eigenvalue weighted by atomic mass is 10.1. The van der Waals surface area contributed by atoms with Gasteiger partial charge in [0.15, 0.2) is 10.8 Å². The van der Waals surface area contributed by atoms with Crippen LogP contribution in [-0.4, -0.2) is 26.5 Å². The molecule has 0 aliphatic rings. The Morgan fingerprint density at radius 2 is 1.81 bits per heavy atom. The maximum absolute atomic E-state index is 12.4. The summed E-state index contributed by atoms with van der Waals surface area (Å²) in [5.74, 6) is 0.813. The van der Waals surface area contributed by atoms with E-state index in [2.05, 4.69) is 46.1 Å². The van der Waals surface area contributed by atoms with Crippen LogP contribution in [0.1, 0.15) is 41.8 Å². The highest BCUT2D eigenvalue weighted by molar-refractivity contribution is 7.98. The van der Waals surface area contributed by atoms with E-state index in [9.17, 15) is 4.79 Å². The van der Waals surface area contributed by atoms with Gasteiger partial charge in [-0.2, -0.15) is 0 Å². The van der Waals surface area contributed by atoms with Crippen molar-refractivity contribution in [3.63, 3.8) is 0 Å². The van der Waals surface area contributed by atoms with Crippen molar-refractivity contribution in [1.29, 1.82) is 0 Å². The molecule has 2 aromatic heterocycles. The number of fused-ring (bicyclic) bond motifs is 1. The standard InChI is InChI=1S/C25H26N4OS/c1-3-18(2)27-24(30)21-13-11-19(12-14-21)16-29-23-22(10-7-15-26-23)28-25(29)31-17-20-8-5-4-6-9-20/h4-15,18H,3,16-17H2,1-2H3,(H,27,30)/t18-/m1/s1. The summed E-state index contributed by atoms with van der Waals surface area (Å²) in [7, 11) is 0. The first-order valence-corrected chi connectivity index (χ1v) is 11.5. The lowest BCUT2D eigenvalue weighted by Crippen LogP contribution is -2.31. The van der Waals surface area contributed by atoms with Gasteiger partial charge in [0.2, 0.25) is 0 Å². The number of rotatable bonds is 8. The predicted molar refractivity (Wildman–Crippen MR) is 126 cm³/mol. The summed E-state index contributed by atoms with van der Waals surface area (Å²) < 4.78 is 2.15. The van der Waals surface area contributed by atoms with E-state index in [0.717, 1.165) is 34.1 Å². The van der Waals surface area contributed by atoms with E-state index in [1.165, 1.54) is 5.56 Å². The monoisotopic (exact) mass is 430 g/mol. The number of benzene rings is 2. The van der Waals surface area contributed by atoms with Gasteiger partial charge in [0.1, 0.15) is 5.52 Å². The molecule has 0 radical (unpaired) electrons. The van der Waals surface area contributed by atoms with Gasteiger partial charge in [0.05, 0.1) is 6.54 Å². The molecule has 1 atom stereocenters. The number of aromatic nitrogens is 3. The Labute approximate surface area is 186 Å². The van der Waals surface area contributed by atoms with Crippen LogP contribution in [0.15, 0.2) is 78.1 Å². The third-order valence-electron chi connectivity index (χ3n) is 5.23. The summed E-state index contributed by atoms with van der Waals surface area (Å²) >= 11 is 1.71. The molecule has 0 unspecified atom stereocenters. The van der Waals surface area contributed by atoms with E-state index in [1.807, 2.05) is 49.4 Å². The highest BCUT2D eigenvalue weighted by Crippen LogP contribution is 2.27. The number of amides is 1. The number of nitrogens with zero attached hydrogens (tertiary/aromatic N) is 3. The normalized spacial score (nSPS) is 12.1. The van der Waals surface area contributed by atoms with Crippen molar-refractivity contribution >= 4 is 28.8 Å². The average Bonchev–Trinajstić information content (AvgIpc) is 3.16. The molecule has 4 rings (SSSR count). The van der Waals surface area contributed by atoms with Gasteiger partial charge in [0.25, 0.3) is 5.91 Å². The van der Waals surface area contributed by atoms with Crippen LogP contribution in [0.4, 0.5) is 0 Å². The van der Waals surface area contributed by atoms with Crippen molar-refractivity contribution < 1.29 is 4.79 Å². The Kier molecular flexibility index (Phi) is 6.67. The van der Waals surface area contributed by atoms with E-state index in [0.29, 0.717) is 12.1 Å². The van der Waals surface area contributed by atoms with E-state index in [-0.39, 0.29) is 11.9 Å².